The van der Waals surface area contributed by atoms with Crippen LogP contribution in [0.3, 0.4) is 0 Å². The van der Waals surface area contributed by atoms with Crippen molar-refractivity contribution in [2.45, 2.75) is 65.1 Å². The minimum atomic E-state index is -0.189. The van der Waals surface area contributed by atoms with E-state index in [9.17, 15) is 0 Å². The molecule has 2 aliphatic rings. The lowest BCUT2D eigenvalue weighted by molar-refractivity contribution is -0.0145. The van der Waals surface area contributed by atoms with Gasteiger partial charge in [0.1, 0.15) is 0 Å². The quantitative estimate of drug-likeness (QED) is 0.340. The lowest BCUT2D eigenvalue weighted by Crippen LogP contribution is -2.37. The van der Waals surface area contributed by atoms with Crippen LogP contribution in [0.5, 0.6) is 23.0 Å². The normalized spacial score (nSPS) is 18.0. The van der Waals surface area contributed by atoms with Crippen molar-refractivity contribution in [2.24, 2.45) is 10.9 Å². The zero-order valence-corrected chi connectivity index (χ0v) is 22.7. The van der Waals surface area contributed by atoms with Gasteiger partial charge < -0.3 is 28.6 Å². The molecule has 0 saturated heterocycles. The molecule has 0 aliphatic carbocycles. The standard InChI is InChI=1S/C29H40N2O5/c1-19(2)23(16-36-29(3,4)5)30-17-31-11-10-21-14-27-28(35-18-34-27)15-22(21)24(31)12-20-8-9-25(32-6)26(13-20)33-7/h8-9,13-15,17,19,23-24H,10-12,16,18H2,1-7H3/t23-,24-/m1/s1. The van der Waals surface area contributed by atoms with Gasteiger partial charge >= 0.3 is 0 Å². The number of nitrogens with zero attached hydrogens (tertiary/aromatic N) is 2. The van der Waals surface area contributed by atoms with E-state index in [1.54, 1.807) is 14.2 Å². The molecular formula is C29H40N2O5. The SMILES string of the molecule is COc1ccc(C[C@@H]2c3cc4c(cc3CCN2C=N[C@H](COC(C)(C)C)C(C)C)OCO4)cc1OC. The first-order valence-electron chi connectivity index (χ1n) is 12.7. The Hall–Kier alpha value is -2.93. The number of methoxy groups -OCH3 is 2. The van der Waals surface area contributed by atoms with Crippen LogP contribution in [0.1, 0.15) is 57.4 Å². The molecule has 2 aliphatic heterocycles. The molecule has 0 saturated carbocycles. The molecule has 7 nitrogen and oxygen atoms in total. The van der Waals surface area contributed by atoms with Crippen molar-refractivity contribution < 1.29 is 23.7 Å². The summed E-state index contributed by atoms with van der Waals surface area (Å²) in [5.74, 6) is 3.48. The van der Waals surface area contributed by atoms with Crippen LogP contribution in [0, 0.1) is 5.92 Å². The van der Waals surface area contributed by atoms with Crippen molar-refractivity contribution in [1.29, 1.82) is 0 Å². The molecule has 0 bridgehead atoms. The number of aliphatic imine (C=N–C) groups is 1. The summed E-state index contributed by atoms with van der Waals surface area (Å²) in [6.07, 6.45) is 3.75. The van der Waals surface area contributed by atoms with E-state index in [1.807, 2.05) is 12.4 Å². The molecule has 7 heteroatoms. The average Bonchev–Trinajstić information content (AvgIpc) is 3.30. The summed E-state index contributed by atoms with van der Waals surface area (Å²) in [6, 6.07) is 10.6. The Bertz CT molecular complexity index is 1080. The summed E-state index contributed by atoms with van der Waals surface area (Å²) < 4.78 is 28.5. The molecule has 2 heterocycles. The first-order valence-corrected chi connectivity index (χ1v) is 12.7. The second-order valence-electron chi connectivity index (χ2n) is 10.8. The van der Waals surface area contributed by atoms with Crippen molar-refractivity contribution >= 4 is 6.34 Å². The molecule has 0 unspecified atom stereocenters. The van der Waals surface area contributed by atoms with E-state index in [2.05, 4.69) is 63.8 Å². The molecule has 2 atom stereocenters. The highest BCUT2D eigenvalue weighted by molar-refractivity contribution is 5.60. The Labute approximate surface area is 215 Å². The minimum absolute atomic E-state index is 0.0871. The summed E-state index contributed by atoms with van der Waals surface area (Å²) >= 11 is 0. The Morgan fingerprint density at radius 2 is 1.78 bits per heavy atom. The first-order chi connectivity index (χ1) is 17.2. The minimum Gasteiger partial charge on any atom is -0.493 e. The molecule has 0 spiro atoms. The van der Waals surface area contributed by atoms with Gasteiger partial charge in [-0.05, 0) is 80.5 Å². The fourth-order valence-corrected chi connectivity index (χ4v) is 4.62. The number of ether oxygens (including phenoxy) is 5. The topological polar surface area (TPSA) is 61.8 Å². The highest BCUT2D eigenvalue weighted by atomic mass is 16.7. The van der Waals surface area contributed by atoms with Gasteiger partial charge in [0.05, 0.1) is 44.8 Å². The van der Waals surface area contributed by atoms with Crippen molar-refractivity contribution in [3.05, 3.63) is 47.0 Å². The van der Waals surface area contributed by atoms with E-state index >= 15 is 0 Å². The van der Waals surface area contributed by atoms with E-state index in [4.69, 9.17) is 28.7 Å². The van der Waals surface area contributed by atoms with Crippen molar-refractivity contribution in [2.75, 3.05) is 34.2 Å². The maximum atomic E-state index is 6.08. The van der Waals surface area contributed by atoms with E-state index in [0.717, 1.165) is 47.9 Å². The van der Waals surface area contributed by atoms with Gasteiger partial charge in [0.15, 0.2) is 23.0 Å². The van der Waals surface area contributed by atoms with Gasteiger partial charge in [-0.25, -0.2) is 0 Å². The van der Waals surface area contributed by atoms with Crippen LogP contribution >= 0.6 is 0 Å². The maximum Gasteiger partial charge on any atom is 0.231 e. The summed E-state index contributed by atoms with van der Waals surface area (Å²) in [6.45, 7) is 12.4. The fourth-order valence-electron chi connectivity index (χ4n) is 4.62. The van der Waals surface area contributed by atoms with Gasteiger partial charge in [-0.2, -0.15) is 0 Å². The van der Waals surface area contributed by atoms with Crippen LogP contribution in [-0.4, -0.2) is 57.0 Å². The highest BCUT2D eigenvalue weighted by Gasteiger charge is 2.30. The Morgan fingerprint density at radius 3 is 2.44 bits per heavy atom. The van der Waals surface area contributed by atoms with Crippen LogP contribution in [-0.2, 0) is 17.6 Å². The second kappa shape index (κ2) is 11.0. The largest absolute Gasteiger partial charge is 0.493 e. The van der Waals surface area contributed by atoms with Gasteiger partial charge in [-0.15, -0.1) is 0 Å². The van der Waals surface area contributed by atoms with Gasteiger partial charge in [-0.1, -0.05) is 19.9 Å². The third-order valence-corrected chi connectivity index (χ3v) is 6.77. The number of hydrogen-bond acceptors (Lipinski definition) is 6. The molecule has 36 heavy (non-hydrogen) atoms. The number of rotatable bonds is 9. The molecule has 4 rings (SSSR count). The lowest BCUT2D eigenvalue weighted by atomic mass is 9.88. The lowest BCUT2D eigenvalue weighted by Gasteiger charge is -2.37. The van der Waals surface area contributed by atoms with Crippen molar-refractivity contribution in [3.63, 3.8) is 0 Å². The van der Waals surface area contributed by atoms with Gasteiger partial charge in [0, 0.05) is 6.54 Å². The number of benzene rings is 2. The van der Waals surface area contributed by atoms with Crippen LogP contribution in [0.15, 0.2) is 35.3 Å². The fraction of sp³-hybridized carbons (Fsp3) is 0.552. The number of hydrogen-bond donors (Lipinski definition) is 0. The molecule has 0 amide bonds. The van der Waals surface area contributed by atoms with Crippen LogP contribution in [0.25, 0.3) is 0 Å². The smallest absolute Gasteiger partial charge is 0.231 e. The second-order valence-corrected chi connectivity index (χ2v) is 10.8. The molecule has 2 aromatic rings. The zero-order valence-electron chi connectivity index (χ0n) is 22.7. The van der Waals surface area contributed by atoms with Crippen LogP contribution < -0.4 is 18.9 Å². The summed E-state index contributed by atoms with van der Waals surface area (Å²) in [4.78, 5) is 7.38. The first kappa shape index (κ1) is 26.1. The van der Waals surface area contributed by atoms with Crippen LogP contribution in [0.2, 0.25) is 0 Å². The molecule has 2 aromatic carbocycles. The monoisotopic (exact) mass is 496 g/mol. The molecule has 0 aromatic heterocycles. The molecule has 0 radical (unpaired) electrons. The van der Waals surface area contributed by atoms with Crippen molar-refractivity contribution in [3.8, 4) is 23.0 Å². The van der Waals surface area contributed by atoms with E-state index < -0.39 is 0 Å². The molecule has 0 N–H and O–H groups in total. The molecule has 196 valence electrons. The summed E-state index contributed by atoms with van der Waals surface area (Å²) in [7, 11) is 3.33. The van der Waals surface area contributed by atoms with Gasteiger partial charge in [0.2, 0.25) is 6.79 Å². The molecule has 0 fully saturated rings. The highest BCUT2D eigenvalue weighted by Crippen LogP contribution is 2.41. The Balaban J connectivity index is 1.64. The Morgan fingerprint density at radius 1 is 1.06 bits per heavy atom. The Kier molecular flexibility index (Phi) is 7.98. The summed E-state index contributed by atoms with van der Waals surface area (Å²) in [5, 5.41) is 0. The predicted molar refractivity (Wildman–Crippen MR) is 142 cm³/mol. The predicted octanol–water partition coefficient (Wildman–Crippen LogP) is 5.44. The third kappa shape index (κ3) is 6.06. The zero-order chi connectivity index (χ0) is 25.9. The average molecular weight is 497 g/mol. The van der Waals surface area contributed by atoms with Gasteiger partial charge in [0.25, 0.3) is 0 Å². The van der Waals surface area contributed by atoms with Gasteiger partial charge in [-0.3, -0.25) is 4.99 Å². The third-order valence-electron chi connectivity index (χ3n) is 6.77. The number of fused-ring (bicyclic) bond motifs is 2. The van der Waals surface area contributed by atoms with Crippen LogP contribution in [0.4, 0.5) is 0 Å². The summed E-state index contributed by atoms with van der Waals surface area (Å²) in [5.41, 5.74) is 3.52. The van der Waals surface area contributed by atoms with E-state index in [0.29, 0.717) is 12.5 Å². The maximum absolute atomic E-state index is 6.08. The van der Waals surface area contributed by atoms with E-state index in [-0.39, 0.29) is 24.5 Å². The molecular weight excluding hydrogens is 456 g/mol. The van der Waals surface area contributed by atoms with Crippen molar-refractivity contribution in [1.82, 2.24) is 4.90 Å². The van der Waals surface area contributed by atoms with E-state index in [1.165, 1.54) is 11.1 Å².